The summed E-state index contributed by atoms with van der Waals surface area (Å²) in [5, 5.41) is 0. The fraction of sp³-hybridized carbons (Fsp3) is 0.600. The van der Waals surface area contributed by atoms with Crippen molar-refractivity contribution in [3.05, 3.63) is 24.5 Å². The lowest BCUT2D eigenvalue weighted by Gasteiger charge is -2.29. The van der Waals surface area contributed by atoms with Crippen LogP contribution < -0.4 is 0 Å². The van der Waals surface area contributed by atoms with Gasteiger partial charge in [0.2, 0.25) is 0 Å². The molecule has 68 valence electrons. The Bertz CT molecular complexity index is 203. The fourth-order valence-corrected chi connectivity index (χ4v) is 5.35. The molecule has 0 aromatic carbocycles. The Hall–Kier alpha value is -0.503. The normalized spacial score (nSPS) is 11.9. The third-order valence-corrected chi connectivity index (χ3v) is 8.47. The maximum Gasteiger partial charge on any atom is 0.160 e. The first-order valence-corrected chi connectivity index (χ1v) is 7.49. The van der Waals surface area contributed by atoms with Gasteiger partial charge >= 0.3 is 0 Å². The summed E-state index contributed by atoms with van der Waals surface area (Å²) in [4.78, 5) is 0. The molecule has 1 rings (SSSR count). The highest BCUT2D eigenvalue weighted by atomic mass is 28.3. The molecule has 0 bridgehead atoms. The van der Waals surface area contributed by atoms with Crippen LogP contribution in [0, 0.1) is 0 Å². The van der Waals surface area contributed by atoms with Gasteiger partial charge in [0.15, 0.2) is 8.24 Å². The van der Waals surface area contributed by atoms with Crippen LogP contribution in [0.5, 0.6) is 0 Å². The molecule has 0 saturated carbocycles. The first kappa shape index (κ1) is 9.58. The van der Waals surface area contributed by atoms with E-state index in [0.717, 1.165) is 0 Å². The second-order valence-electron chi connectivity index (χ2n) is 3.38. The van der Waals surface area contributed by atoms with Crippen molar-refractivity contribution >= 4 is 8.24 Å². The summed E-state index contributed by atoms with van der Waals surface area (Å²) >= 11 is 0. The smallest absolute Gasteiger partial charge is 0.160 e. The van der Waals surface area contributed by atoms with Crippen LogP contribution >= 0.6 is 0 Å². The van der Waals surface area contributed by atoms with Crippen molar-refractivity contribution < 1.29 is 0 Å². The second kappa shape index (κ2) is 3.94. The lowest BCUT2D eigenvalue weighted by Crippen LogP contribution is -2.40. The summed E-state index contributed by atoms with van der Waals surface area (Å²) in [6, 6.07) is 8.35. The average molecular weight is 181 g/mol. The zero-order valence-corrected chi connectivity index (χ0v) is 9.38. The minimum Gasteiger partial charge on any atom is -0.380 e. The molecular formula is C10H19NSi. The summed E-state index contributed by atoms with van der Waals surface area (Å²) in [5.74, 6) is 0. The molecule has 1 aromatic heterocycles. The Kier molecular flexibility index (Phi) is 3.15. The minimum atomic E-state index is -1.12. The summed E-state index contributed by atoms with van der Waals surface area (Å²) in [7, 11) is -1.12. The van der Waals surface area contributed by atoms with Crippen LogP contribution in [0.2, 0.25) is 18.1 Å². The number of hydrogen-bond acceptors (Lipinski definition) is 0. The van der Waals surface area contributed by atoms with Gasteiger partial charge in [-0.3, -0.25) is 0 Å². The van der Waals surface area contributed by atoms with E-state index in [4.69, 9.17) is 0 Å². The van der Waals surface area contributed by atoms with Gasteiger partial charge in [-0.05, 0) is 42.7 Å². The van der Waals surface area contributed by atoms with Crippen molar-refractivity contribution in [2.24, 2.45) is 0 Å². The van der Waals surface area contributed by atoms with Crippen LogP contribution in [0.15, 0.2) is 24.5 Å². The second-order valence-corrected chi connectivity index (χ2v) is 8.46. The Balaban J connectivity index is 2.93. The highest BCUT2D eigenvalue weighted by molar-refractivity contribution is 6.78. The van der Waals surface area contributed by atoms with E-state index in [1.54, 1.807) is 0 Å². The zero-order chi connectivity index (χ0) is 9.03. The van der Waals surface area contributed by atoms with E-state index in [1.165, 1.54) is 18.1 Å². The molecule has 1 heterocycles. The number of hydrogen-bond donors (Lipinski definition) is 0. The maximum absolute atomic E-state index is 2.49. The van der Waals surface area contributed by atoms with Crippen LogP contribution in [-0.2, 0) is 0 Å². The van der Waals surface area contributed by atoms with Crippen molar-refractivity contribution in [3.8, 4) is 0 Å². The van der Waals surface area contributed by atoms with Crippen LogP contribution in [0.3, 0.4) is 0 Å². The fourth-order valence-electron chi connectivity index (χ4n) is 1.95. The van der Waals surface area contributed by atoms with Gasteiger partial charge in [-0.2, -0.15) is 0 Å². The van der Waals surface area contributed by atoms with Gasteiger partial charge in [-0.15, -0.1) is 0 Å². The van der Waals surface area contributed by atoms with E-state index in [1.807, 2.05) is 0 Å². The average Bonchev–Trinajstić information content (AvgIpc) is 2.62. The molecule has 0 spiro atoms. The molecule has 2 heteroatoms. The Labute approximate surface area is 76.5 Å². The van der Waals surface area contributed by atoms with Gasteiger partial charge in [0, 0.05) is 0 Å². The van der Waals surface area contributed by atoms with Crippen molar-refractivity contribution in [3.63, 3.8) is 0 Å². The summed E-state index contributed by atoms with van der Waals surface area (Å²) < 4.78 is 2.49. The molecule has 0 aliphatic heterocycles. The molecule has 0 fully saturated rings. The zero-order valence-electron chi connectivity index (χ0n) is 8.38. The van der Waals surface area contributed by atoms with Gasteiger partial charge in [0.1, 0.15) is 0 Å². The molecule has 0 N–H and O–H groups in total. The predicted octanol–water partition coefficient (Wildman–Crippen LogP) is 3.34. The van der Waals surface area contributed by atoms with E-state index < -0.39 is 8.24 Å². The summed E-state index contributed by atoms with van der Waals surface area (Å²) in [6.07, 6.45) is 4.48. The van der Waals surface area contributed by atoms with Crippen LogP contribution in [0.1, 0.15) is 20.8 Å². The van der Waals surface area contributed by atoms with Crippen molar-refractivity contribution in [1.82, 2.24) is 4.23 Å². The van der Waals surface area contributed by atoms with E-state index in [2.05, 4.69) is 49.5 Å². The quantitative estimate of drug-likeness (QED) is 0.628. The molecular weight excluding hydrogens is 162 g/mol. The van der Waals surface area contributed by atoms with E-state index in [0.29, 0.717) is 0 Å². The van der Waals surface area contributed by atoms with Crippen molar-refractivity contribution in [2.75, 3.05) is 0 Å². The van der Waals surface area contributed by atoms with Crippen LogP contribution in [-0.4, -0.2) is 12.5 Å². The molecule has 0 atom stereocenters. The lowest BCUT2D eigenvalue weighted by atomic mass is 10.7. The van der Waals surface area contributed by atoms with Gasteiger partial charge in [0.05, 0.1) is 0 Å². The summed E-state index contributed by atoms with van der Waals surface area (Å²) in [6.45, 7) is 7.00. The largest absolute Gasteiger partial charge is 0.380 e. The molecule has 1 nitrogen and oxygen atoms in total. The van der Waals surface area contributed by atoms with E-state index in [9.17, 15) is 0 Å². The van der Waals surface area contributed by atoms with Gasteiger partial charge in [0.25, 0.3) is 0 Å². The van der Waals surface area contributed by atoms with Crippen LogP contribution in [0.4, 0.5) is 0 Å². The Morgan fingerprint density at radius 1 is 0.917 bits per heavy atom. The molecule has 0 amide bonds. The Morgan fingerprint density at radius 2 is 1.33 bits per heavy atom. The monoisotopic (exact) mass is 181 g/mol. The molecule has 0 unspecified atom stereocenters. The third kappa shape index (κ3) is 1.48. The molecule has 0 saturated heterocycles. The number of rotatable bonds is 4. The van der Waals surface area contributed by atoms with E-state index in [-0.39, 0.29) is 0 Å². The van der Waals surface area contributed by atoms with Crippen molar-refractivity contribution in [2.45, 2.75) is 38.9 Å². The van der Waals surface area contributed by atoms with Gasteiger partial charge < -0.3 is 4.23 Å². The molecule has 12 heavy (non-hydrogen) atoms. The van der Waals surface area contributed by atoms with Gasteiger partial charge in [-0.25, -0.2) is 0 Å². The minimum absolute atomic E-state index is 1.12. The SMILES string of the molecule is CC[Si](CC)(CC)n1cccc1. The number of aromatic nitrogens is 1. The van der Waals surface area contributed by atoms with Crippen LogP contribution in [0.25, 0.3) is 0 Å². The molecule has 1 aromatic rings. The first-order chi connectivity index (χ1) is 5.79. The molecule has 0 aliphatic rings. The molecule has 0 aliphatic carbocycles. The standard InChI is InChI=1S/C10H19NSi/c1-4-12(5-2,6-3)11-9-7-8-10-11/h7-10H,4-6H2,1-3H3. The van der Waals surface area contributed by atoms with Crippen molar-refractivity contribution in [1.29, 1.82) is 0 Å². The number of nitrogens with zero attached hydrogens (tertiary/aromatic N) is 1. The summed E-state index contributed by atoms with van der Waals surface area (Å²) in [5.41, 5.74) is 0. The topological polar surface area (TPSA) is 4.93 Å². The predicted molar refractivity (Wildman–Crippen MR) is 57.0 cm³/mol. The van der Waals surface area contributed by atoms with Gasteiger partial charge in [-0.1, -0.05) is 20.8 Å². The Morgan fingerprint density at radius 3 is 1.67 bits per heavy atom. The third-order valence-electron chi connectivity index (χ3n) is 3.13. The maximum atomic E-state index is 2.49. The first-order valence-electron chi connectivity index (χ1n) is 4.92. The highest BCUT2D eigenvalue weighted by Crippen LogP contribution is 2.22. The molecule has 0 radical (unpaired) electrons. The highest BCUT2D eigenvalue weighted by Gasteiger charge is 2.28. The lowest BCUT2D eigenvalue weighted by molar-refractivity contribution is 1.01. The van der Waals surface area contributed by atoms with E-state index >= 15 is 0 Å².